The zero-order valence-electron chi connectivity index (χ0n) is 51.6. The Morgan fingerprint density at radius 2 is 0.553 bits per heavy atom. The number of hydrogen-bond donors (Lipinski definition) is 0. The molecule has 94 heavy (non-hydrogen) atoms. The van der Waals surface area contributed by atoms with Crippen molar-refractivity contribution in [1.29, 1.82) is 0 Å². The number of fused-ring (bicyclic) bond motifs is 6. The predicted molar refractivity (Wildman–Crippen MR) is 386 cm³/mol. The number of aromatic nitrogens is 8. The summed E-state index contributed by atoms with van der Waals surface area (Å²) in [5, 5.41) is 4.66. The average Bonchev–Trinajstić information content (AvgIpc) is 1.84. The van der Waals surface area contributed by atoms with Crippen LogP contribution in [0.5, 0.6) is 0 Å². The minimum atomic E-state index is 0.559. The van der Waals surface area contributed by atoms with Gasteiger partial charge in [-0.15, -0.1) is 0 Å². The van der Waals surface area contributed by atoms with Crippen molar-refractivity contribution in [2.45, 2.75) is 13.8 Å². The van der Waals surface area contributed by atoms with Gasteiger partial charge in [0.2, 0.25) is 0 Å². The van der Waals surface area contributed by atoms with Crippen LogP contribution in [-0.4, -0.2) is 39.0 Å². The topological polar surface area (TPSA) is 87.2 Å². The first kappa shape index (κ1) is 55.5. The fraction of sp³-hybridized carbons (Fsp3) is 0.0233. The molecule has 0 saturated heterocycles. The maximum absolute atomic E-state index is 5.36. The van der Waals surface area contributed by atoms with E-state index in [9.17, 15) is 0 Å². The van der Waals surface area contributed by atoms with Crippen molar-refractivity contribution in [2.75, 3.05) is 0 Å². The molecule has 0 saturated carbocycles. The minimum absolute atomic E-state index is 0.559. The number of hydrogen-bond acceptors (Lipinski definition) is 6. The molecule has 0 radical (unpaired) electrons. The van der Waals surface area contributed by atoms with Gasteiger partial charge in [0.1, 0.15) is 0 Å². The maximum Gasteiger partial charge on any atom is 0.164 e. The molecule has 442 valence electrons. The largest absolute Gasteiger partial charge is 0.309 e. The molecule has 0 aliphatic heterocycles. The number of para-hydroxylation sites is 2. The van der Waals surface area contributed by atoms with Crippen LogP contribution in [0.2, 0.25) is 0 Å². The molecule has 17 rings (SSSR count). The average molecular weight is 1200 g/mol. The van der Waals surface area contributed by atoms with Gasteiger partial charge >= 0.3 is 0 Å². The summed E-state index contributed by atoms with van der Waals surface area (Å²) in [5.41, 5.74) is 22.9. The van der Waals surface area contributed by atoms with Gasteiger partial charge in [-0.1, -0.05) is 237 Å². The maximum atomic E-state index is 5.36. The van der Waals surface area contributed by atoms with Crippen LogP contribution in [0.1, 0.15) is 11.1 Å². The molecule has 0 atom stereocenters. The van der Waals surface area contributed by atoms with Crippen LogP contribution in [0, 0.1) is 13.8 Å². The third kappa shape index (κ3) is 10.1. The number of rotatable bonds is 12. The molecule has 4 aromatic heterocycles. The first-order chi connectivity index (χ1) is 46.4. The first-order valence-electron chi connectivity index (χ1n) is 31.7. The Labute approximate surface area is 544 Å². The SMILES string of the molecule is Cc1ccccc1-c1ccc2c(c1)c1ccccc1n2-c1cc(-c2cccc(-c3cc(-c4nc(-c5ccccc5)nc(-c5ccccc5)n4)ccc3-n3c4ccccc4c4cc(-c5ccccc5C)ccc43)c2)cc(-c2nc(-c3ccccc3)nc(-c3ccccc3)n2)c1. The molecule has 0 aliphatic rings. The van der Waals surface area contributed by atoms with Gasteiger partial charge < -0.3 is 9.13 Å². The van der Waals surface area contributed by atoms with Crippen LogP contribution in [0.3, 0.4) is 0 Å². The summed E-state index contributed by atoms with van der Waals surface area (Å²) in [4.78, 5) is 31.5. The molecule has 8 nitrogen and oxygen atoms in total. The van der Waals surface area contributed by atoms with Gasteiger partial charge in [-0.2, -0.15) is 0 Å². The second-order valence-electron chi connectivity index (χ2n) is 24.0. The lowest BCUT2D eigenvalue weighted by molar-refractivity contribution is 1.07. The summed E-state index contributed by atoms with van der Waals surface area (Å²) < 4.78 is 4.83. The normalized spacial score (nSPS) is 11.5. The zero-order chi connectivity index (χ0) is 62.6. The minimum Gasteiger partial charge on any atom is -0.309 e. The van der Waals surface area contributed by atoms with Crippen molar-refractivity contribution >= 4 is 43.6 Å². The standard InChI is InChI=1S/C86H58N8/c1-55-24-15-17-36-69(55)63-42-45-79-74(52-63)71-38-19-21-40-76(71)93(79)68-50-66(49-67(51-68)86-91-83(59-30-11-5-12-31-59)88-84(92-86)60-32-13-6-14-33-60)61-34-23-35-62(48-61)73-54-65(85-89-81(57-26-7-3-8-27-57)87-82(90-85)58-28-9-4-10-29-58)44-47-78(73)94-77-41-22-20-39-72(77)75-53-64(43-46-80(75)94)70-37-18-16-25-56(70)2/h3-54H,1-2H3. The summed E-state index contributed by atoms with van der Waals surface area (Å²) >= 11 is 0. The highest BCUT2D eigenvalue weighted by molar-refractivity contribution is 6.12. The lowest BCUT2D eigenvalue weighted by Crippen LogP contribution is -2.02. The van der Waals surface area contributed by atoms with Crippen LogP contribution in [0.4, 0.5) is 0 Å². The molecule has 8 heteroatoms. The molecule has 0 N–H and O–H groups in total. The molecule has 13 aromatic carbocycles. The van der Waals surface area contributed by atoms with Crippen molar-refractivity contribution in [3.05, 3.63) is 327 Å². The van der Waals surface area contributed by atoms with Crippen molar-refractivity contribution in [3.8, 4) is 124 Å². The van der Waals surface area contributed by atoms with E-state index in [4.69, 9.17) is 29.9 Å². The van der Waals surface area contributed by atoms with E-state index in [-0.39, 0.29) is 0 Å². The Hall–Kier alpha value is -12.5. The quantitative estimate of drug-likeness (QED) is 0.121. The lowest BCUT2D eigenvalue weighted by atomic mass is 9.95. The second-order valence-corrected chi connectivity index (χ2v) is 24.0. The summed E-state index contributed by atoms with van der Waals surface area (Å²) in [6.45, 7) is 4.37. The Morgan fingerprint density at radius 3 is 1.05 bits per heavy atom. The van der Waals surface area contributed by atoms with Gasteiger partial charge in [-0.05, 0) is 143 Å². The van der Waals surface area contributed by atoms with E-state index in [1.807, 2.05) is 72.8 Å². The van der Waals surface area contributed by atoms with Crippen molar-refractivity contribution in [1.82, 2.24) is 39.0 Å². The van der Waals surface area contributed by atoms with E-state index in [1.165, 1.54) is 44.2 Å². The van der Waals surface area contributed by atoms with Crippen molar-refractivity contribution in [2.24, 2.45) is 0 Å². The third-order valence-corrected chi connectivity index (χ3v) is 18.1. The van der Waals surface area contributed by atoms with E-state index < -0.39 is 0 Å². The fourth-order valence-electron chi connectivity index (χ4n) is 13.5. The molecule has 4 heterocycles. The number of aryl methyl sites for hydroxylation is 2. The van der Waals surface area contributed by atoms with Gasteiger partial charge in [0.05, 0.1) is 27.8 Å². The van der Waals surface area contributed by atoms with E-state index >= 15 is 0 Å². The van der Waals surface area contributed by atoms with Crippen molar-refractivity contribution in [3.63, 3.8) is 0 Å². The Morgan fingerprint density at radius 1 is 0.202 bits per heavy atom. The monoisotopic (exact) mass is 1200 g/mol. The van der Waals surface area contributed by atoms with Crippen LogP contribution >= 0.6 is 0 Å². The molecule has 0 aliphatic carbocycles. The Kier molecular flexibility index (Phi) is 13.8. The Bertz CT molecular complexity index is 5640. The molecule has 0 amide bonds. The molecule has 0 spiro atoms. The molecule has 0 unspecified atom stereocenters. The smallest absolute Gasteiger partial charge is 0.164 e. The van der Waals surface area contributed by atoms with Gasteiger partial charge in [0, 0.05) is 66.2 Å². The summed E-state index contributed by atoms with van der Waals surface area (Å²) in [5.74, 6) is 3.50. The fourth-order valence-corrected chi connectivity index (χ4v) is 13.5. The van der Waals surface area contributed by atoms with E-state index in [0.29, 0.717) is 34.9 Å². The van der Waals surface area contributed by atoms with Gasteiger partial charge in [-0.25, -0.2) is 29.9 Å². The molecule has 17 aromatic rings. The van der Waals surface area contributed by atoms with Gasteiger partial charge in [0.25, 0.3) is 0 Å². The molecule has 0 bridgehead atoms. The van der Waals surface area contributed by atoms with E-state index in [2.05, 4.69) is 266 Å². The summed E-state index contributed by atoms with van der Waals surface area (Å²) in [7, 11) is 0. The second kappa shape index (κ2) is 23.4. The highest BCUT2D eigenvalue weighted by Gasteiger charge is 2.23. The zero-order valence-corrected chi connectivity index (χ0v) is 51.6. The molecular weight excluding hydrogens is 1150 g/mol. The first-order valence-corrected chi connectivity index (χ1v) is 31.7. The van der Waals surface area contributed by atoms with Gasteiger partial charge in [-0.3, -0.25) is 0 Å². The Balaban J connectivity index is 0.907. The van der Waals surface area contributed by atoms with Gasteiger partial charge in [0.15, 0.2) is 34.9 Å². The lowest BCUT2D eigenvalue weighted by Gasteiger charge is -2.18. The third-order valence-electron chi connectivity index (χ3n) is 18.1. The van der Waals surface area contributed by atoms with E-state index in [1.54, 1.807) is 0 Å². The highest BCUT2D eigenvalue weighted by Crippen LogP contribution is 2.43. The molecule has 0 fully saturated rings. The summed E-state index contributed by atoms with van der Waals surface area (Å²) in [6, 6.07) is 112. The predicted octanol–water partition coefficient (Wildman–Crippen LogP) is 21.5. The van der Waals surface area contributed by atoms with Crippen LogP contribution in [0.15, 0.2) is 315 Å². The number of nitrogens with zero attached hydrogens (tertiary/aromatic N) is 8. The highest BCUT2D eigenvalue weighted by atomic mass is 15.1. The van der Waals surface area contributed by atoms with E-state index in [0.717, 1.165) is 99.8 Å². The van der Waals surface area contributed by atoms with Crippen LogP contribution < -0.4 is 0 Å². The van der Waals surface area contributed by atoms with Crippen molar-refractivity contribution < 1.29 is 0 Å². The summed E-state index contributed by atoms with van der Waals surface area (Å²) in [6.07, 6.45) is 0. The van der Waals surface area contributed by atoms with Crippen LogP contribution in [-0.2, 0) is 0 Å². The van der Waals surface area contributed by atoms with Crippen LogP contribution in [0.25, 0.3) is 168 Å². The number of benzene rings is 13. The molecular formula is C86H58N8.